The van der Waals surface area contributed by atoms with Crippen LogP contribution in [0.2, 0.25) is 0 Å². The summed E-state index contributed by atoms with van der Waals surface area (Å²) in [6.07, 6.45) is 1.96. The van der Waals surface area contributed by atoms with Gasteiger partial charge in [-0.3, -0.25) is 9.59 Å². The third kappa shape index (κ3) is 3.32. The summed E-state index contributed by atoms with van der Waals surface area (Å²) in [6.45, 7) is 0.704. The first-order chi connectivity index (χ1) is 12.7. The van der Waals surface area contributed by atoms with Crippen LogP contribution in [0.4, 0.5) is 0 Å². The molecule has 132 valence electrons. The van der Waals surface area contributed by atoms with Crippen molar-refractivity contribution in [2.75, 3.05) is 6.54 Å². The molecule has 0 aliphatic carbocycles. The molecular weight excluding hydrogens is 346 g/mol. The van der Waals surface area contributed by atoms with E-state index in [4.69, 9.17) is 0 Å². The van der Waals surface area contributed by atoms with Gasteiger partial charge in [-0.05, 0) is 30.4 Å². The molecule has 1 fully saturated rings. The van der Waals surface area contributed by atoms with Crippen LogP contribution in [0.3, 0.4) is 0 Å². The van der Waals surface area contributed by atoms with Crippen molar-refractivity contribution >= 4 is 17.2 Å². The smallest absolute Gasteiger partial charge is 0.267 e. The van der Waals surface area contributed by atoms with Gasteiger partial charge < -0.3 is 4.90 Å². The molecule has 0 spiro atoms. The molecular formula is C20H19N3O2S. The summed E-state index contributed by atoms with van der Waals surface area (Å²) in [5.41, 5.74) is 1.35. The molecule has 1 aliphatic heterocycles. The molecule has 0 bridgehead atoms. The Hall–Kier alpha value is -2.73. The first kappa shape index (κ1) is 16.7. The van der Waals surface area contributed by atoms with Gasteiger partial charge in [-0.25, -0.2) is 4.68 Å². The first-order valence-electron chi connectivity index (χ1n) is 8.69. The molecule has 1 unspecified atom stereocenters. The predicted octanol–water partition coefficient (Wildman–Crippen LogP) is 3.34. The van der Waals surface area contributed by atoms with E-state index in [2.05, 4.69) is 11.2 Å². The van der Waals surface area contributed by atoms with Crippen LogP contribution in [-0.2, 0) is 11.3 Å². The van der Waals surface area contributed by atoms with Gasteiger partial charge in [0.15, 0.2) is 0 Å². The van der Waals surface area contributed by atoms with Gasteiger partial charge in [0.2, 0.25) is 5.91 Å². The van der Waals surface area contributed by atoms with Crippen molar-refractivity contribution in [2.45, 2.75) is 25.4 Å². The van der Waals surface area contributed by atoms with E-state index in [1.54, 1.807) is 17.4 Å². The number of thiophene rings is 1. The van der Waals surface area contributed by atoms with E-state index in [9.17, 15) is 9.59 Å². The number of carbonyl (C=O) groups excluding carboxylic acids is 1. The molecule has 1 aliphatic rings. The Kier molecular flexibility index (Phi) is 4.67. The molecule has 3 aromatic rings. The lowest BCUT2D eigenvalue weighted by atomic mass is 10.1. The predicted molar refractivity (Wildman–Crippen MR) is 102 cm³/mol. The normalized spacial score (nSPS) is 16.8. The monoisotopic (exact) mass is 365 g/mol. The molecule has 0 radical (unpaired) electrons. The summed E-state index contributed by atoms with van der Waals surface area (Å²) in [5.74, 6) is -0.0549. The summed E-state index contributed by atoms with van der Waals surface area (Å²) in [7, 11) is 0. The van der Waals surface area contributed by atoms with E-state index in [-0.39, 0.29) is 24.1 Å². The SMILES string of the molecule is O=C(Cn1nc(-c2ccccc2)ccc1=O)N1CCCC1c1cccs1. The van der Waals surface area contributed by atoms with Crippen molar-refractivity contribution in [3.05, 3.63) is 75.2 Å². The molecule has 4 rings (SSSR count). The van der Waals surface area contributed by atoms with Crippen molar-refractivity contribution < 1.29 is 4.79 Å². The van der Waals surface area contributed by atoms with Crippen molar-refractivity contribution in [2.24, 2.45) is 0 Å². The Balaban J connectivity index is 1.57. The quantitative estimate of drug-likeness (QED) is 0.713. The van der Waals surface area contributed by atoms with Crippen LogP contribution in [-0.4, -0.2) is 27.1 Å². The van der Waals surface area contributed by atoms with Crippen molar-refractivity contribution in [1.29, 1.82) is 0 Å². The number of hydrogen-bond donors (Lipinski definition) is 0. The highest BCUT2D eigenvalue weighted by Gasteiger charge is 2.30. The summed E-state index contributed by atoms with van der Waals surface area (Å²) in [4.78, 5) is 28.1. The maximum atomic E-state index is 12.9. The minimum atomic E-state index is -0.259. The van der Waals surface area contributed by atoms with Crippen LogP contribution in [0.1, 0.15) is 23.8 Å². The minimum absolute atomic E-state index is 0.0264. The topological polar surface area (TPSA) is 55.2 Å². The highest BCUT2D eigenvalue weighted by Crippen LogP contribution is 2.34. The second-order valence-electron chi connectivity index (χ2n) is 6.34. The van der Waals surface area contributed by atoms with Crippen LogP contribution in [0, 0.1) is 0 Å². The lowest BCUT2D eigenvalue weighted by Crippen LogP contribution is -2.36. The average Bonchev–Trinajstić information content (AvgIpc) is 3.35. The van der Waals surface area contributed by atoms with Gasteiger partial charge in [0.1, 0.15) is 6.54 Å². The number of rotatable bonds is 4. The van der Waals surface area contributed by atoms with Gasteiger partial charge in [-0.2, -0.15) is 5.10 Å². The molecule has 1 saturated heterocycles. The molecule has 1 amide bonds. The molecule has 1 aromatic carbocycles. The highest BCUT2D eigenvalue weighted by atomic mass is 32.1. The van der Waals surface area contributed by atoms with Crippen LogP contribution in [0.15, 0.2) is 64.8 Å². The number of aromatic nitrogens is 2. The maximum absolute atomic E-state index is 12.9. The van der Waals surface area contributed by atoms with Gasteiger partial charge in [-0.1, -0.05) is 36.4 Å². The summed E-state index contributed by atoms with van der Waals surface area (Å²) in [5, 5.41) is 6.43. The zero-order valence-electron chi connectivity index (χ0n) is 14.2. The average molecular weight is 365 g/mol. The Morgan fingerprint density at radius 3 is 2.73 bits per heavy atom. The van der Waals surface area contributed by atoms with Crippen molar-refractivity contribution in [3.8, 4) is 11.3 Å². The maximum Gasteiger partial charge on any atom is 0.267 e. The Labute approximate surface area is 155 Å². The lowest BCUT2D eigenvalue weighted by molar-refractivity contribution is -0.133. The largest absolute Gasteiger partial charge is 0.333 e. The standard InChI is InChI=1S/C20H19N3O2S/c24-19-11-10-16(15-6-2-1-3-7-15)21-23(19)14-20(25)22-12-4-8-17(22)18-9-5-13-26-18/h1-3,5-7,9-11,13,17H,4,8,12,14H2. The number of likely N-dealkylation sites (tertiary alicyclic amines) is 1. The minimum Gasteiger partial charge on any atom is -0.333 e. The Bertz CT molecular complexity index is 951. The van der Waals surface area contributed by atoms with Crippen LogP contribution >= 0.6 is 11.3 Å². The van der Waals surface area contributed by atoms with Crippen molar-refractivity contribution in [3.63, 3.8) is 0 Å². The van der Waals surface area contributed by atoms with Crippen molar-refractivity contribution in [1.82, 2.24) is 14.7 Å². The third-order valence-corrected chi connectivity index (χ3v) is 5.64. The lowest BCUT2D eigenvalue weighted by Gasteiger charge is -2.24. The van der Waals surface area contributed by atoms with Crippen LogP contribution in [0.5, 0.6) is 0 Å². The summed E-state index contributed by atoms with van der Waals surface area (Å²) < 4.78 is 1.27. The van der Waals surface area contributed by atoms with E-state index >= 15 is 0 Å². The van der Waals surface area contributed by atoms with Gasteiger partial charge in [0, 0.05) is 23.1 Å². The van der Waals surface area contributed by atoms with E-state index in [1.807, 2.05) is 46.7 Å². The Morgan fingerprint density at radius 2 is 1.96 bits per heavy atom. The fourth-order valence-corrected chi connectivity index (χ4v) is 4.26. The first-order valence-corrected chi connectivity index (χ1v) is 9.57. The zero-order valence-corrected chi connectivity index (χ0v) is 15.1. The number of benzene rings is 1. The van der Waals surface area contributed by atoms with E-state index in [0.29, 0.717) is 5.69 Å². The third-order valence-electron chi connectivity index (χ3n) is 4.67. The van der Waals surface area contributed by atoms with Crippen LogP contribution in [0.25, 0.3) is 11.3 Å². The number of hydrogen-bond acceptors (Lipinski definition) is 4. The number of carbonyl (C=O) groups is 1. The second kappa shape index (κ2) is 7.25. The molecule has 0 saturated carbocycles. The number of amides is 1. The highest BCUT2D eigenvalue weighted by molar-refractivity contribution is 7.10. The van der Waals surface area contributed by atoms with Gasteiger partial charge in [0.05, 0.1) is 11.7 Å². The zero-order chi connectivity index (χ0) is 17.9. The van der Waals surface area contributed by atoms with Gasteiger partial charge >= 0.3 is 0 Å². The number of nitrogens with zero attached hydrogens (tertiary/aromatic N) is 3. The fourth-order valence-electron chi connectivity index (χ4n) is 3.39. The molecule has 6 heteroatoms. The molecule has 0 N–H and O–H groups in total. The van der Waals surface area contributed by atoms with Crippen LogP contribution < -0.4 is 5.56 Å². The molecule has 2 aromatic heterocycles. The Morgan fingerprint density at radius 1 is 1.12 bits per heavy atom. The second-order valence-corrected chi connectivity index (χ2v) is 7.32. The van der Waals surface area contributed by atoms with E-state index in [0.717, 1.165) is 24.9 Å². The van der Waals surface area contributed by atoms with Gasteiger partial charge in [-0.15, -0.1) is 11.3 Å². The van der Waals surface area contributed by atoms with Gasteiger partial charge in [0.25, 0.3) is 5.56 Å². The molecule has 5 nitrogen and oxygen atoms in total. The fraction of sp³-hybridized carbons (Fsp3) is 0.250. The molecule has 3 heterocycles. The summed E-state index contributed by atoms with van der Waals surface area (Å²) >= 11 is 1.67. The van der Waals surface area contributed by atoms with E-state index < -0.39 is 0 Å². The van der Waals surface area contributed by atoms with E-state index in [1.165, 1.54) is 15.6 Å². The molecule has 1 atom stereocenters. The summed E-state index contributed by atoms with van der Waals surface area (Å²) in [6, 6.07) is 17.0. The molecule has 26 heavy (non-hydrogen) atoms.